The van der Waals surface area contributed by atoms with Gasteiger partial charge in [0.1, 0.15) is 35.6 Å². The zero-order valence-corrected chi connectivity index (χ0v) is 32.8. The van der Waals surface area contributed by atoms with Crippen LogP contribution in [-0.4, -0.2) is 16.2 Å². The molecule has 61 heavy (non-hydrogen) atoms. The van der Waals surface area contributed by atoms with E-state index in [2.05, 4.69) is 119 Å². The van der Waals surface area contributed by atoms with Crippen LogP contribution < -0.4 is 14.5 Å². The number of benzene rings is 8. The summed E-state index contributed by atoms with van der Waals surface area (Å²) in [7, 11) is 0. The number of halogens is 2. The van der Waals surface area contributed by atoms with E-state index in [0.29, 0.717) is 23.9 Å². The topological polar surface area (TPSA) is 33.5 Å². The fourth-order valence-corrected chi connectivity index (χ4v) is 8.58. The normalized spacial score (nSPS) is 12.3. The molecular weight excluding hydrogens is 759 g/mol. The van der Waals surface area contributed by atoms with E-state index in [1.165, 1.54) is 12.1 Å². The van der Waals surface area contributed by atoms with E-state index in [1.807, 2.05) is 77.7 Å². The molecule has 0 fully saturated rings. The Kier molecular flexibility index (Phi) is 8.85. The van der Waals surface area contributed by atoms with Gasteiger partial charge in [0, 0.05) is 40.9 Å². The van der Waals surface area contributed by atoms with Gasteiger partial charge in [0.05, 0.1) is 28.1 Å². The summed E-state index contributed by atoms with van der Waals surface area (Å²) >= 11 is 0. The second kappa shape index (κ2) is 15.0. The van der Waals surface area contributed by atoms with Crippen LogP contribution in [0.4, 0.5) is 31.5 Å². The summed E-state index contributed by atoms with van der Waals surface area (Å²) < 4.78 is 38.7. The summed E-state index contributed by atoms with van der Waals surface area (Å²) in [5, 5.41) is 2.22. The zero-order valence-electron chi connectivity index (χ0n) is 32.8. The molecule has 0 bridgehead atoms. The molecular formula is C54H36F2N4O. The molecule has 2 aromatic heterocycles. The zero-order chi connectivity index (χ0) is 40.9. The van der Waals surface area contributed by atoms with Crippen molar-refractivity contribution in [2.24, 2.45) is 0 Å². The van der Waals surface area contributed by atoms with Gasteiger partial charge in [0.15, 0.2) is 0 Å². The van der Waals surface area contributed by atoms with Gasteiger partial charge in [-0.25, -0.2) is 13.8 Å². The molecule has 0 radical (unpaired) electrons. The lowest BCUT2D eigenvalue weighted by Crippen LogP contribution is -2.24. The summed E-state index contributed by atoms with van der Waals surface area (Å²) in [5.74, 6) is 0.862. The highest BCUT2D eigenvalue weighted by molar-refractivity contribution is 6.09. The molecule has 0 saturated carbocycles. The smallest absolute Gasteiger partial charge is 0.149 e. The minimum atomic E-state index is -0.626. The number of nitrogens with zero attached hydrogens (tertiary/aromatic N) is 4. The van der Waals surface area contributed by atoms with Crippen LogP contribution in [0.15, 0.2) is 206 Å². The highest BCUT2D eigenvalue weighted by Crippen LogP contribution is 2.47. The number of aromatic nitrogens is 2. The van der Waals surface area contributed by atoms with Gasteiger partial charge in [-0.1, -0.05) is 97.1 Å². The van der Waals surface area contributed by atoms with Crippen molar-refractivity contribution in [1.82, 2.24) is 9.55 Å². The quantitative estimate of drug-likeness (QED) is 0.153. The number of hydrogen-bond acceptors (Lipinski definition) is 4. The molecule has 5 nitrogen and oxygen atoms in total. The van der Waals surface area contributed by atoms with Crippen molar-refractivity contribution in [3.8, 4) is 50.7 Å². The molecule has 1 aliphatic heterocycles. The SMILES string of the molecule is Fc1ccc(N2CN(c3cc(Oc4ccc5c6ccccc6n(-c6ccccn6)c5c4)cc(-c4cc(-c5ccccc5)cc(-c5ccccc5)c4)c3)c3ccccc32)c(F)c1. The average Bonchev–Trinajstić information content (AvgIpc) is 3.86. The highest BCUT2D eigenvalue weighted by atomic mass is 19.1. The third-order valence-corrected chi connectivity index (χ3v) is 11.4. The number of pyridine rings is 1. The Labute approximate surface area is 351 Å². The first-order valence-corrected chi connectivity index (χ1v) is 20.2. The standard InChI is InChI=1S/C54H36F2N4O/c55-42-22-25-50(48(56)32-42)59-35-58(51-19-9-10-20-52(51)59)43-30-41(40-28-38(36-13-3-1-4-14-36)27-39(29-40)37-15-5-2-6-16-37)31-45(33-43)61-44-23-24-47-46-17-7-8-18-49(46)60(53(47)34-44)54-21-11-12-26-57-54/h1-34H,35H2. The van der Waals surface area contributed by atoms with E-state index < -0.39 is 11.6 Å². The Balaban J connectivity index is 1.09. The van der Waals surface area contributed by atoms with Gasteiger partial charge in [-0.15, -0.1) is 0 Å². The van der Waals surface area contributed by atoms with Crippen molar-refractivity contribution < 1.29 is 13.5 Å². The van der Waals surface area contributed by atoms with Gasteiger partial charge < -0.3 is 14.5 Å². The van der Waals surface area contributed by atoms with E-state index in [-0.39, 0.29) is 0 Å². The van der Waals surface area contributed by atoms with Gasteiger partial charge >= 0.3 is 0 Å². The lowest BCUT2D eigenvalue weighted by molar-refractivity contribution is 0.483. The first-order valence-electron chi connectivity index (χ1n) is 20.2. The molecule has 10 aromatic rings. The molecule has 3 heterocycles. The lowest BCUT2D eigenvalue weighted by atomic mass is 9.93. The molecule has 8 aromatic carbocycles. The monoisotopic (exact) mass is 794 g/mol. The van der Waals surface area contributed by atoms with Gasteiger partial charge in [-0.2, -0.15) is 0 Å². The van der Waals surface area contributed by atoms with Crippen LogP contribution in [0, 0.1) is 11.6 Å². The third kappa shape index (κ3) is 6.62. The predicted octanol–water partition coefficient (Wildman–Crippen LogP) is 14.5. The molecule has 11 rings (SSSR count). The van der Waals surface area contributed by atoms with Crippen molar-refractivity contribution in [3.63, 3.8) is 0 Å². The maximum atomic E-state index is 15.5. The average molecular weight is 795 g/mol. The van der Waals surface area contributed by atoms with Crippen LogP contribution in [-0.2, 0) is 0 Å². The molecule has 0 saturated heterocycles. The van der Waals surface area contributed by atoms with Crippen LogP contribution in [0.2, 0.25) is 0 Å². The summed E-state index contributed by atoms with van der Waals surface area (Å²) in [6.07, 6.45) is 1.81. The number of para-hydroxylation sites is 3. The Bertz CT molecular complexity index is 3180. The predicted molar refractivity (Wildman–Crippen MR) is 243 cm³/mol. The second-order valence-electron chi connectivity index (χ2n) is 15.2. The minimum absolute atomic E-state index is 0.292. The first-order chi connectivity index (χ1) is 30.0. The van der Waals surface area contributed by atoms with E-state index in [1.54, 1.807) is 6.20 Å². The van der Waals surface area contributed by atoms with Crippen LogP contribution in [0.25, 0.3) is 61.0 Å². The van der Waals surface area contributed by atoms with Gasteiger partial charge in [-0.05, 0) is 118 Å². The van der Waals surface area contributed by atoms with Crippen molar-refractivity contribution in [2.75, 3.05) is 16.5 Å². The summed E-state index contributed by atoms with van der Waals surface area (Å²) in [6.45, 7) is 0.292. The Morgan fingerprint density at radius 1 is 0.426 bits per heavy atom. The van der Waals surface area contributed by atoms with Crippen molar-refractivity contribution in [2.45, 2.75) is 0 Å². The van der Waals surface area contributed by atoms with Crippen LogP contribution in [0.5, 0.6) is 11.5 Å². The van der Waals surface area contributed by atoms with Gasteiger partial charge in [0.25, 0.3) is 0 Å². The third-order valence-electron chi connectivity index (χ3n) is 11.4. The number of rotatable bonds is 8. The number of ether oxygens (including phenoxy) is 1. The molecule has 292 valence electrons. The fraction of sp³-hybridized carbons (Fsp3) is 0.0185. The Hall–Kier alpha value is -8.03. The fourth-order valence-electron chi connectivity index (χ4n) is 8.58. The summed E-state index contributed by atoms with van der Waals surface area (Å²) in [4.78, 5) is 8.75. The number of hydrogen-bond donors (Lipinski definition) is 0. The highest BCUT2D eigenvalue weighted by Gasteiger charge is 2.30. The van der Waals surface area contributed by atoms with E-state index in [9.17, 15) is 4.39 Å². The molecule has 0 atom stereocenters. The van der Waals surface area contributed by atoms with Crippen LogP contribution in [0.1, 0.15) is 0 Å². The maximum absolute atomic E-state index is 15.5. The molecule has 1 aliphatic rings. The van der Waals surface area contributed by atoms with E-state index in [0.717, 1.165) is 84.1 Å². The molecule has 0 unspecified atom stereocenters. The Morgan fingerprint density at radius 2 is 1.05 bits per heavy atom. The molecule has 0 spiro atoms. The van der Waals surface area contributed by atoms with Crippen molar-refractivity contribution in [3.05, 3.63) is 218 Å². The summed E-state index contributed by atoms with van der Waals surface area (Å²) in [5.41, 5.74) is 11.2. The minimum Gasteiger partial charge on any atom is -0.457 e. The van der Waals surface area contributed by atoms with E-state index in [4.69, 9.17) is 9.72 Å². The van der Waals surface area contributed by atoms with Gasteiger partial charge in [0.2, 0.25) is 0 Å². The number of fused-ring (bicyclic) bond motifs is 4. The molecule has 0 amide bonds. The van der Waals surface area contributed by atoms with Crippen LogP contribution in [0.3, 0.4) is 0 Å². The van der Waals surface area contributed by atoms with Crippen molar-refractivity contribution in [1.29, 1.82) is 0 Å². The first kappa shape index (κ1) is 36.1. The van der Waals surface area contributed by atoms with E-state index >= 15 is 4.39 Å². The van der Waals surface area contributed by atoms with Crippen molar-refractivity contribution >= 4 is 44.6 Å². The molecule has 0 aliphatic carbocycles. The second-order valence-corrected chi connectivity index (χ2v) is 15.2. The van der Waals surface area contributed by atoms with Gasteiger partial charge in [-0.3, -0.25) is 4.57 Å². The summed E-state index contributed by atoms with van der Waals surface area (Å²) in [6, 6.07) is 65.8. The van der Waals surface area contributed by atoms with Crippen LogP contribution >= 0.6 is 0 Å². The largest absolute Gasteiger partial charge is 0.457 e. The maximum Gasteiger partial charge on any atom is 0.149 e. The lowest BCUT2D eigenvalue weighted by Gasteiger charge is -2.24. The molecule has 0 N–H and O–H groups in total. The molecule has 7 heteroatoms. The Morgan fingerprint density at radius 3 is 1.75 bits per heavy atom. The number of anilines is 4.